The molecule has 0 bridgehead atoms. The van der Waals surface area contributed by atoms with Crippen LogP contribution in [0.5, 0.6) is 0 Å². The summed E-state index contributed by atoms with van der Waals surface area (Å²) in [5.41, 5.74) is 0.552. The van der Waals surface area contributed by atoms with Gasteiger partial charge in [0.05, 0.1) is 5.71 Å². The lowest BCUT2D eigenvalue weighted by molar-refractivity contribution is -0.183. The van der Waals surface area contributed by atoms with Crippen LogP contribution in [0.3, 0.4) is 0 Å². The molecule has 24 heavy (non-hydrogen) atoms. The summed E-state index contributed by atoms with van der Waals surface area (Å²) in [5, 5.41) is 23.6. The van der Waals surface area contributed by atoms with Crippen molar-refractivity contribution < 1.29 is 14.7 Å². The molecule has 0 spiro atoms. The Morgan fingerprint density at radius 2 is 2.17 bits per heavy atom. The van der Waals surface area contributed by atoms with Crippen molar-refractivity contribution in [2.75, 3.05) is 20.2 Å². The van der Waals surface area contributed by atoms with Gasteiger partial charge in [0.2, 0.25) is 6.41 Å². The van der Waals surface area contributed by atoms with Crippen molar-refractivity contribution in [3.63, 3.8) is 0 Å². The van der Waals surface area contributed by atoms with Crippen LogP contribution in [0.2, 0.25) is 0 Å². The first-order chi connectivity index (χ1) is 11.4. The van der Waals surface area contributed by atoms with Crippen LogP contribution in [-0.2, 0) is 9.57 Å². The van der Waals surface area contributed by atoms with E-state index < -0.39 is 6.41 Å². The van der Waals surface area contributed by atoms with Gasteiger partial charge in [0.25, 0.3) is 0 Å². The molecule has 0 rings (SSSR count). The number of hydrogen-bond acceptors (Lipinski definition) is 7. The second-order valence-electron chi connectivity index (χ2n) is 5.02. The van der Waals surface area contributed by atoms with Gasteiger partial charge in [0.15, 0.2) is 0 Å². The van der Waals surface area contributed by atoms with E-state index in [1.807, 2.05) is 13.8 Å². The number of allylic oxidation sites excluding steroid dienone is 3. The molecule has 0 aliphatic heterocycles. The van der Waals surface area contributed by atoms with E-state index in [2.05, 4.69) is 15.5 Å². The van der Waals surface area contributed by atoms with Gasteiger partial charge in [-0.2, -0.15) is 0 Å². The zero-order valence-corrected chi connectivity index (χ0v) is 15.1. The maximum absolute atomic E-state index is 9.70. The SMILES string of the molecule is C/C=N/O/C(C)=C/C(/C=C/N[C@H](C)CN(C)C(O)OCC)=N/C=N. The van der Waals surface area contributed by atoms with Crippen LogP contribution >= 0.6 is 0 Å². The molecule has 136 valence electrons. The standard InChI is InChI=1S/C16H29N5O3/c1-6-20-24-14(4)10-15(19-12-17)8-9-18-13(3)11-21(5)16(22)23-7-2/h6,8-10,12-13,16-18,22H,7,11H2,1-5H3/b9-8+,14-10+,17-12?,19-15+,20-6+/t13-,16?/m1/s1. The van der Waals surface area contributed by atoms with Crippen molar-refractivity contribution in [3.8, 4) is 0 Å². The molecule has 0 amide bonds. The number of hydrogen-bond donors (Lipinski definition) is 3. The summed E-state index contributed by atoms with van der Waals surface area (Å²) in [7, 11) is 1.78. The number of rotatable bonds is 12. The molecule has 3 N–H and O–H groups in total. The lowest BCUT2D eigenvalue weighted by Gasteiger charge is -2.25. The van der Waals surface area contributed by atoms with Crippen LogP contribution in [0.15, 0.2) is 34.3 Å². The molecule has 1 unspecified atom stereocenters. The van der Waals surface area contributed by atoms with E-state index in [0.717, 1.165) is 6.34 Å². The highest BCUT2D eigenvalue weighted by molar-refractivity contribution is 6.07. The third-order valence-electron chi connectivity index (χ3n) is 2.76. The monoisotopic (exact) mass is 339 g/mol. The number of nitrogens with one attached hydrogen (secondary N) is 2. The van der Waals surface area contributed by atoms with Crippen LogP contribution in [0.25, 0.3) is 0 Å². The van der Waals surface area contributed by atoms with Gasteiger partial charge in [-0.1, -0.05) is 5.16 Å². The molecule has 0 aliphatic carbocycles. The molecule has 0 aromatic rings. The maximum atomic E-state index is 9.70. The summed E-state index contributed by atoms with van der Waals surface area (Å²) in [5.74, 6) is 0.561. The first-order valence-electron chi connectivity index (χ1n) is 7.77. The first-order valence-corrected chi connectivity index (χ1v) is 7.77. The molecule has 0 heterocycles. The molecule has 0 radical (unpaired) electrons. The van der Waals surface area contributed by atoms with Crippen LogP contribution in [0, 0.1) is 5.41 Å². The van der Waals surface area contributed by atoms with Gasteiger partial charge in [-0.3, -0.25) is 10.3 Å². The fourth-order valence-electron chi connectivity index (χ4n) is 1.72. The van der Waals surface area contributed by atoms with E-state index in [0.29, 0.717) is 24.6 Å². The average molecular weight is 339 g/mol. The van der Waals surface area contributed by atoms with Crippen molar-refractivity contribution in [1.82, 2.24) is 10.2 Å². The van der Waals surface area contributed by atoms with Gasteiger partial charge in [-0.05, 0) is 47.0 Å². The quantitative estimate of drug-likeness (QED) is 0.165. The Labute approximate surface area is 144 Å². The number of aliphatic imine (C=N–C) groups is 1. The number of aliphatic hydroxyl groups excluding tert-OH is 1. The van der Waals surface area contributed by atoms with Gasteiger partial charge < -0.3 is 20.0 Å². The molecule has 2 atom stereocenters. The minimum absolute atomic E-state index is 0.0774. The molecule has 0 saturated heterocycles. The Morgan fingerprint density at radius 1 is 1.46 bits per heavy atom. The molecule has 8 heteroatoms. The average Bonchev–Trinajstić information content (AvgIpc) is 2.53. The Morgan fingerprint density at radius 3 is 2.75 bits per heavy atom. The smallest absolute Gasteiger partial charge is 0.215 e. The number of likely N-dealkylation sites (N-methyl/N-ethyl adjacent to an activating group) is 1. The summed E-state index contributed by atoms with van der Waals surface area (Å²) < 4.78 is 5.11. The molecule has 0 aromatic carbocycles. The minimum Gasteiger partial charge on any atom is -0.387 e. The van der Waals surface area contributed by atoms with Gasteiger partial charge in [-0.25, -0.2) is 4.99 Å². The van der Waals surface area contributed by atoms with Crippen molar-refractivity contribution in [2.24, 2.45) is 10.1 Å². The molecular formula is C16H29N5O3. The van der Waals surface area contributed by atoms with Crippen LogP contribution in [0.1, 0.15) is 27.7 Å². The maximum Gasteiger partial charge on any atom is 0.215 e. The molecule has 0 aromatic heterocycles. The normalized spacial score (nSPS) is 16.0. The van der Waals surface area contributed by atoms with Crippen LogP contribution < -0.4 is 5.32 Å². The summed E-state index contributed by atoms with van der Waals surface area (Å²) >= 11 is 0. The third-order valence-corrected chi connectivity index (χ3v) is 2.76. The van der Waals surface area contributed by atoms with Gasteiger partial charge in [0.1, 0.15) is 12.1 Å². The van der Waals surface area contributed by atoms with E-state index >= 15 is 0 Å². The highest BCUT2D eigenvalue weighted by atomic mass is 16.6. The van der Waals surface area contributed by atoms with E-state index in [1.54, 1.807) is 44.1 Å². The fourth-order valence-corrected chi connectivity index (χ4v) is 1.72. The Hall–Kier alpha value is -2.03. The fraction of sp³-hybridized carbons (Fsp3) is 0.562. The lowest BCUT2D eigenvalue weighted by atomic mass is 10.3. The number of oxime groups is 1. The highest BCUT2D eigenvalue weighted by Crippen LogP contribution is 1.99. The predicted molar refractivity (Wildman–Crippen MR) is 97.2 cm³/mol. The predicted octanol–water partition coefficient (Wildman–Crippen LogP) is 1.70. The molecule has 0 saturated carbocycles. The second kappa shape index (κ2) is 13.4. The van der Waals surface area contributed by atoms with E-state index in [9.17, 15) is 5.11 Å². The van der Waals surface area contributed by atoms with Crippen molar-refractivity contribution in [3.05, 3.63) is 24.1 Å². The van der Waals surface area contributed by atoms with Crippen molar-refractivity contribution in [1.29, 1.82) is 5.41 Å². The Kier molecular flexibility index (Phi) is 12.3. The largest absolute Gasteiger partial charge is 0.387 e. The van der Waals surface area contributed by atoms with E-state index in [-0.39, 0.29) is 6.04 Å². The van der Waals surface area contributed by atoms with Gasteiger partial charge >= 0.3 is 0 Å². The zero-order chi connectivity index (χ0) is 18.4. The first kappa shape index (κ1) is 22.0. The third kappa shape index (κ3) is 10.7. The topological polar surface area (TPSA) is 103 Å². The summed E-state index contributed by atoms with van der Waals surface area (Å²) in [6.45, 7) is 8.35. The Balaban J connectivity index is 4.56. The zero-order valence-electron chi connectivity index (χ0n) is 15.1. The lowest BCUT2D eigenvalue weighted by Crippen LogP contribution is -2.42. The summed E-state index contributed by atoms with van der Waals surface area (Å²) in [6, 6.07) is 0.0774. The van der Waals surface area contributed by atoms with Gasteiger partial charge in [-0.15, -0.1) is 0 Å². The van der Waals surface area contributed by atoms with Crippen molar-refractivity contribution in [2.45, 2.75) is 40.2 Å². The summed E-state index contributed by atoms with van der Waals surface area (Å²) in [4.78, 5) is 10.7. The Bertz CT molecular complexity index is 474. The number of aliphatic hydroxyl groups is 1. The van der Waals surface area contributed by atoms with Crippen molar-refractivity contribution >= 4 is 18.3 Å². The van der Waals surface area contributed by atoms with E-state index in [4.69, 9.17) is 15.0 Å². The van der Waals surface area contributed by atoms with Crippen LogP contribution in [-0.4, -0.2) is 60.9 Å². The van der Waals surface area contributed by atoms with E-state index in [1.165, 1.54) is 6.21 Å². The molecule has 8 nitrogen and oxygen atoms in total. The van der Waals surface area contributed by atoms with Crippen LogP contribution in [0.4, 0.5) is 0 Å². The summed E-state index contributed by atoms with van der Waals surface area (Å²) in [6.07, 6.45) is 6.72. The molecule has 0 fully saturated rings. The minimum atomic E-state index is -0.917. The number of nitrogens with zero attached hydrogens (tertiary/aromatic N) is 3. The molecule has 0 aliphatic rings. The highest BCUT2D eigenvalue weighted by Gasteiger charge is 2.12. The second-order valence-corrected chi connectivity index (χ2v) is 5.02. The van der Waals surface area contributed by atoms with Gasteiger partial charge in [0, 0.05) is 31.5 Å². The number of ether oxygens (including phenoxy) is 1. The molecular weight excluding hydrogens is 310 g/mol.